The monoisotopic (exact) mass is 288 g/mol. The minimum atomic E-state index is -0.121. The Morgan fingerprint density at radius 1 is 1.14 bits per heavy atom. The maximum absolute atomic E-state index is 5.96. The van der Waals surface area contributed by atoms with Crippen LogP contribution in [0.2, 0.25) is 0 Å². The average Bonchev–Trinajstić information content (AvgIpc) is 2.52. The number of benzene rings is 1. The molecule has 21 heavy (non-hydrogen) atoms. The van der Waals surface area contributed by atoms with Gasteiger partial charge in [0, 0.05) is 23.7 Å². The van der Waals surface area contributed by atoms with E-state index in [-0.39, 0.29) is 6.04 Å². The molecule has 0 spiro atoms. The van der Waals surface area contributed by atoms with Crippen LogP contribution in [0.4, 0.5) is 0 Å². The van der Waals surface area contributed by atoms with E-state index in [1.54, 1.807) is 20.3 Å². The Balaban J connectivity index is 2.17. The summed E-state index contributed by atoms with van der Waals surface area (Å²) in [5.74, 6) is 2.00. The van der Waals surface area contributed by atoms with E-state index in [1.165, 1.54) is 0 Å². The molecule has 1 aromatic carbocycles. The molecule has 2 N–H and O–H groups in total. The number of hydrogen-bond donors (Lipinski definition) is 1. The van der Waals surface area contributed by atoms with Crippen LogP contribution in [0.25, 0.3) is 0 Å². The zero-order valence-electron chi connectivity index (χ0n) is 12.5. The zero-order chi connectivity index (χ0) is 15.2. The van der Waals surface area contributed by atoms with Crippen molar-refractivity contribution in [2.75, 3.05) is 14.2 Å². The zero-order valence-corrected chi connectivity index (χ0v) is 12.5. The summed E-state index contributed by atoms with van der Waals surface area (Å²) in [5.41, 5.74) is 7.68. The molecule has 0 amide bonds. The lowest BCUT2D eigenvalue weighted by atomic mass is 10.1. The summed E-state index contributed by atoms with van der Waals surface area (Å²) in [6.45, 7) is 2.25. The lowest BCUT2D eigenvalue weighted by Gasteiger charge is -2.15. The first-order valence-corrected chi connectivity index (χ1v) is 6.70. The lowest BCUT2D eigenvalue weighted by molar-refractivity contribution is 0.291. The SMILES string of the molecule is COc1ccc(C(C)N)c(OCc2cccc(OC)n2)c1. The van der Waals surface area contributed by atoms with Gasteiger partial charge >= 0.3 is 0 Å². The van der Waals surface area contributed by atoms with Gasteiger partial charge in [0.25, 0.3) is 0 Å². The Bertz CT molecular complexity index is 600. The number of pyridine rings is 1. The molecule has 1 aromatic heterocycles. The van der Waals surface area contributed by atoms with Gasteiger partial charge in [0.05, 0.1) is 19.9 Å². The molecule has 0 bridgehead atoms. The van der Waals surface area contributed by atoms with E-state index in [4.69, 9.17) is 19.9 Å². The first kappa shape index (κ1) is 15.1. The smallest absolute Gasteiger partial charge is 0.213 e. The van der Waals surface area contributed by atoms with Crippen molar-refractivity contribution < 1.29 is 14.2 Å². The quantitative estimate of drug-likeness (QED) is 0.885. The van der Waals surface area contributed by atoms with Gasteiger partial charge in [0.1, 0.15) is 18.1 Å². The Kier molecular flexibility index (Phi) is 5.00. The van der Waals surface area contributed by atoms with Gasteiger partial charge < -0.3 is 19.9 Å². The predicted octanol–water partition coefficient (Wildman–Crippen LogP) is 2.70. The number of aromatic nitrogens is 1. The summed E-state index contributed by atoms with van der Waals surface area (Å²) >= 11 is 0. The van der Waals surface area contributed by atoms with Gasteiger partial charge in [-0.25, -0.2) is 4.98 Å². The van der Waals surface area contributed by atoms with E-state index in [0.29, 0.717) is 18.2 Å². The Hall–Kier alpha value is -2.27. The number of nitrogens with zero attached hydrogens (tertiary/aromatic N) is 1. The third kappa shape index (κ3) is 3.86. The maximum Gasteiger partial charge on any atom is 0.213 e. The standard InChI is InChI=1S/C16H20N2O3/c1-11(17)14-8-7-13(19-2)9-15(14)21-10-12-5-4-6-16(18-12)20-3/h4-9,11H,10,17H2,1-3H3. The summed E-state index contributed by atoms with van der Waals surface area (Å²) in [5, 5.41) is 0. The molecule has 5 heteroatoms. The lowest BCUT2D eigenvalue weighted by Crippen LogP contribution is -2.08. The molecule has 0 radical (unpaired) electrons. The fourth-order valence-electron chi connectivity index (χ4n) is 1.95. The second-order valence-electron chi connectivity index (χ2n) is 4.65. The van der Waals surface area contributed by atoms with Gasteiger partial charge in [-0.05, 0) is 19.1 Å². The van der Waals surface area contributed by atoms with E-state index in [9.17, 15) is 0 Å². The highest BCUT2D eigenvalue weighted by Crippen LogP contribution is 2.29. The fraction of sp³-hybridized carbons (Fsp3) is 0.312. The maximum atomic E-state index is 5.96. The molecule has 0 fully saturated rings. The van der Waals surface area contributed by atoms with Gasteiger partial charge in [0.15, 0.2) is 0 Å². The number of methoxy groups -OCH3 is 2. The molecule has 0 aliphatic rings. The van der Waals surface area contributed by atoms with Crippen LogP contribution in [0.3, 0.4) is 0 Å². The minimum absolute atomic E-state index is 0.121. The summed E-state index contributed by atoms with van der Waals surface area (Å²) < 4.78 is 16.2. The van der Waals surface area contributed by atoms with E-state index in [0.717, 1.165) is 17.0 Å². The van der Waals surface area contributed by atoms with Crippen LogP contribution in [0.1, 0.15) is 24.2 Å². The minimum Gasteiger partial charge on any atom is -0.497 e. The Labute approximate surface area is 124 Å². The first-order chi connectivity index (χ1) is 10.1. The number of nitrogens with two attached hydrogens (primary N) is 1. The molecule has 0 saturated carbocycles. The molecule has 5 nitrogen and oxygen atoms in total. The normalized spacial score (nSPS) is 11.8. The molecule has 1 atom stereocenters. The van der Waals surface area contributed by atoms with Crippen molar-refractivity contribution in [3.05, 3.63) is 47.7 Å². The van der Waals surface area contributed by atoms with Crippen LogP contribution in [0, 0.1) is 0 Å². The summed E-state index contributed by atoms with van der Waals surface area (Å²) in [6.07, 6.45) is 0. The van der Waals surface area contributed by atoms with Crippen LogP contribution in [-0.2, 0) is 6.61 Å². The van der Waals surface area contributed by atoms with Gasteiger partial charge in [-0.2, -0.15) is 0 Å². The highest BCUT2D eigenvalue weighted by Gasteiger charge is 2.10. The third-order valence-corrected chi connectivity index (χ3v) is 3.08. The first-order valence-electron chi connectivity index (χ1n) is 6.70. The molecular formula is C16H20N2O3. The number of rotatable bonds is 6. The van der Waals surface area contributed by atoms with Crippen LogP contribution in [0.5, 0.6) is 17.4 Å². The molecule has 0 saturated heterocycles. The molecular weight excluding hydrogens is 268 g/mol. The Morgan fingerprint density at radius 3 is 2.62 bits per heavy atom. The van der Waals surface area contributed by atoms with Crippen molar-refractivity contribution in [2.24, 2.45) is 5.73 Å². The Morgan fingerprint density at radius 2 is 1.95 bits per heavy atom. The van der Waals surface area contributed by atoms with E-state index >= 15 is 0 Å². The fourth-order valence-corrected chi connectivity index (χ4v) is 1.95. The predicted molar refractivity (Wildman–Crippen MR) is 80.7 cm³/mol. The highest BCUT2D eigenvalue weighted by molar-refractivity contribution is 5.42. The molecule has 0 aliphatic heterocycles. The molecule has 112 valence electrons. The van der Waals surface area contributed by atoms with Crippen LogP contribution in [0.15, 0.2) is 36.4 Å². The van der Waals surface area contributed by atoms with Crippen LogP contribution < -0.4 is 19.9 Å². The van der Waals surface area contributed by atoms with E-state index in [2.05, 4.69) is 4.98 Å². The number of hydrogen-bond acceptors (Lipinski definition) is 5. The molecule has 1 heterocycles. The van der Waals surface area contributed by atoms with Crippen molar-refractivity contribution in [3.8, 4) is 17.4 Å². The van der Waals surface area contributed by atoms with Gasteiger partial charge in [-0.3, -0.25) is 0 Å². The molecule has 2 aromatic rings. The highest BCUT2D eigenvalue weighted by atomic mass is 16.5. The van der Waals surface area contributed by atoms with Gasteiger partial charge in [0.2, 0.25) is 5.88 Å². The van der Waals surface area contributed by atoms with Crippen LogP contribution in [-0.4, -0.2) is 19.2 Å². The third-order valence-electron chi connectivity index (χ3n) is 3.08. The molecule has 1 unspecified atom stereocenters. The summed E-state index contributed by atoms with van der Waals surface area (Å²) in [6, 6.07) is 11.1. The van der Waals surface area contributed by atoms with Crippen molar-refractivity contribution in [2.45, 2.75) is 19.6 Å². The topological polar surface area (TPSA) is 66.6 Å². The summed E-state index contributed by atoms with van der Waals surface area (Å²) in [4.78, 5) is 4.31. The molecule has 2 rings (SSSR count). The van der Waals surface area contributed by atoms with Gasteiger partial charge in [-0.1, -0.05) is 12.1 Å². The van der Waals surface area contributed by atoms with Crippen molar-refractivity contribution in [1.82, 2.24) is 4.98 Å². The van der Waals surface area contributed by atoms with Crippen molar-refractivity contribution in [1.29, 1.82) is 0 Å². The summed E-state index contributed by atoms with van der Waals surface area (Å²) in [7, 11) is 3.21. The second-order valence-corrected chi connectivity index (χ2v) is 4.65. The second kappa shape index (κ2) is 6.95. The van der Waals surface area contributed by atoms with Gasteiger partial charge in [-0.15, -0.1) is 0 Å². The van der Waals surface area contributed by atoms with Crippen LogP contribution >= 0.6 is 0 Å². The van der Waals surface area contributed by atoms with E-state index < -0.39 is 0 Å². The van der Waals surface area contributed by atoms with Crippen molar-refractivity contribution >= 4 is 0 Å². The molecule has 0 aliphatic carbocycles. The number of ether oxygens (including phenoxy) is 3. The largest absolute Gasteiger partial charge is 0.497 e. The van der Waals surface area contributed by atoms with Crippen molar-refractivity contribution in [3.63, 3.8) is 0 Å². The average molecular weight is 288 g/mol. The van der Waals surface area contributed by atoms with E-state index in [1.807, 2.05) is 37.3 Å².